The molecular formula is C9H18N2. The van der Waals surface area contributed by atoms with Gasteiger partial charge in [-0.15, -0.1) is 0 Å². The van der Waals surface area contributed by atoms with Gasteiger partial charge < -0.3 is 5.32 Å². The lowest BCUT2D eigenvalue weighted by Crippen LogP contribution is -2.17. The first-order valence-corrected chi connectivity index (χ1v) is 4.47. The summed E-state index contributed by atoms with van der Waals surface area (Å²) in [5.74, 6) is 0.689. The average Bonchev–Trinajstić information content (AvgIpc) is 2.05. The summed E-state index contributed by atoms with van der Waals surface area (Å²) in [6.07, 6.45) is 6.92. The summed E-state index contributed by atoms with van der Waals surface area (Å²) in [6, 6.07) is 0. The molecule has 0 aromatic carbocycles. The van der Waals surface area contributed by atoms with Crippen molar-refractivity contribution < 1.29 is 0 Å². The van der Waals surface area contributed by atoms with Crippen molar-refractivity contribution in [2.24, 2.45) is 5.92 Å². The molecule has 0 aromatic rings. The Balaban J connectivity index is 3.34. The van der Waals surface area contributed by atoms with E-state index in [2.05, 4.69) is 19.2 Å². The highest BCUT2D eigenvalue weighted by Crippen LogP contribution is 2.10. The molecule has 0 aliphatic rings. The van der Waals surface area contributed by atoms with Crippen molar-refractivity contribution >= 4 is 0 Å². The first-order chi connectivity index (χ1) is 5.35. The lowest BCUT2D eigenvalue weighted by Gasteiger charge is -2.11. The second kappa shape index (κ2) is 7.40. The summed E-state index contributed by atoms with van der Waals surface area (Å²) in [4.78, 5) is 0. The van der Waals surface area contributed by atoms with Gasteiger partial charge in [0.05, 0.1) is 0 Å². The molecule has 0 spiro atoms. The Labute approximate surface area is 69.6 Å². The quantitative estimate of drug-likeness (QED) is 0.470. The maximum absolute atomic E-state index is 8.27. The molecule has 0 fully saturated rings. The van der Waals surface area contributed by atoms with Crippen LogP contribution in [0, 0.1) is 17.4 Å². The maximum atomic E-state index is 8.27. The molecule has 0 aliphatic heterocycles. The minimum atomic E-state index is 0.689. The first kappa shape index (κ1) is 10.3. The van der Waals surface area contributed by atoms with Crippen LogP contribution in [0.25, 0.3) is 0 Å². The molecule has 1 N–H and O–H groups in total. The Morgan fingerprint density at radius 3 is 2.64 bits per heavy atom. The summed E-state index contributed by atoms with van der Waals surface area (Å²) in [7, 11) is 0. The maximum Gasteiger partial charge on any atom is 0.176 e. The van der Waals surface area contributed by atoms with Crippen molar-refractivity contribution in [2.45, 2.75) is 39.5 Å². The lowest BCUT2D eigenvalue weighted by atomic mass is 10.00. The van der Waals surface area contributed by atoms with Gasteiger partial charge in [-0.25, -0.2) is 0 Å². The van der Waals surface area contributed by atoms with Crippen LogP contribution < -0.4 is 5.32 Å². The largest absolute Gasteiger partial charge is 0.324 e. The van der Waals surface area contributed by atoms with Crippen molar-refractivity contribution in [1.82, 2.24) is 5.32 Å². The summed E-state index contributed by atoms with van der Waals surface area (Å²) >= 11 is 0. The topological polar surface area (TPSA) is 35.8 Å². The molecular weight excluding hydrogens is 136 g/mol. The van der Waals surface area contributed by atoms with Crippen LogP contribution in [0.4, 0.5) is 0 Å². The fraction of sp³-hybridized carbons (Fsp3) is 0.889. The summed E-state index contributed by atoms with van der Waals surface area (Å²) in [6.45, 7) is 5.23. The molecule has 0 saturated carbocycles. The van der Waals surface area contributed by atoms with Crippen LogP contribution in [0.2, 0.25) is 0 Å². The highest BCUT2D eigenvalue weighted by Gasteiger charge is 2.03. The van der Waals surface area contributed by atoms with Gasteiger partial charge in [0.1, 0.15) is 0 Å². The number of nitrogens with zero attached hydrogens (tertiary/aromatic N) is 1. The lowest BCUT2D eigenvalue weighted by molar-refractivity contribution is 0.442. The molecule has 0 radical (unpaired) electrons. The van der Waals surface area contributed by atoms with E-state index >= 15 is 0 Å². The molecule has 0 amide bonds. The molecule has 0 rings (SSSR count). The van der Waals surface area contributed by atoms with Gasteiger partial charge in [-0.3, -0.25) is 0 Å². The van der Waals surface area contributed by atoms with E-state index in [0.717, 1.165) is 6.54 Å². The van der Waals surface area contributed by atoms with Gasteiger partial charge in [0, 0.05) is 6.54 Å². The van der Waals surface area contributed by atoms with Crippen molar-refractivity contribution in [3.63, 3.8) is 0 Å². The molecule has 1 atom stereocenters. The van der Waals surface area contributed by atoms with Crippen molar-refractivity contribution in [1.29, 1.82) is 5.26 Å². The van der Waals surface area contributed by atoms with Crippen LogP contribution >= 0.6 is 0 Å². The van der Waals surface area contributed by atoms with Gasteiger partial charge in [-0.1, -0.05) is 33.1 Å². The van der Waals surface area contributed by atoms with Crippen LogP contribution in [0.3, 0.4) is 0 Å². The SMILES string of the molecule is CCCCC(CC)CNC#N. The third-order valence-corrected chi connectivity index (χ3v) is 2.01. The number of rotatable bonds is 6. The molecule has 64 valence electrons. The fourth-order valence-corrected chi connectivity index (χ4v) is 1.13. The molecule has 0 aromatic heterocycles. The van der Waals surface area contributed by atoms with E-state index in [1.165, 1.54) is 25.7 Å². The molecule has 1 unspecified atom stereocenters. The first-order valence-electron chi connectivity index (χ1n) is 4.47. The Kier molecular flexibility index (Phi) is 6.92. The minimum absolute atomic E-state index is 0.689. The van der Waals surface area contributed by atoms with Crippen LogP contribution in [-0.4, -0.2) is 6.54 Å². The highest BCUT2D eigenvalue weighted by molar-refractivity contribution is 4.69. The zero-order valence-corrected chi connectivity index (χ0v) is 7.56. The second-order valence-corrected chi connectivity index (χ2v) is 2.91. The van der Waals surface area contributed by atoms with E-state index in [-0.39, 0.29) is 0 Å². The van der Waals surface area contributed by atoms with Gasteiger partial charge in [-0.2, -0.15) is 5.26 Å². The number of nitrogens with one attached hydrogen (secondary N) is 1. The van der Waals surface area contributed by atoms with E-state index in [1.807, 2.05) is 6.19 Å². The minimum Gasteiger partial charge on any atom is -0.324 e. The molecule has 0 bridgehead atoms. The van der Waals surface area contributed by atoms with E-state index in [9.17, 15) is 0 Å². The van der Waals surface area contributed by atoms with E-state index in [1.54, 1.807) is 0 Å². The third kappa shape index (κ3) is 5.72. The molecule has 2 heteroatoms. The van der Waals surface area contributed by atoms with Crippen molar-refractivity contribution in [3.05, 3.63) is 0 Å². The standard InChI is InChI=1S/C9H18N2/c1-3-5-6-9(4-2)7-11-8-10/h9,11H,3-7H2,1-2H3. The highest BCUT2D eigenvalue weighted by atomic mass is 14.8. The molecule has 0 aliphatic carbocycles. The van der Waals surface area contributed by atoms with Gasteiger partial charge in [0.15, 0.2) is 6.19 Å². The Morgan fingerprint density at radius 1 is 1.45 bits per heavy atom. The van der Waals surface area contributed by atoms with Crippen molar-refractivity contribution in [3.8, 4) is 6.19 Å². The Hall–Kier alpha value is -0.710. The van der Waals surface area contributed by atoms with Crippen LogP contribution in [-0.2, 0) is 0 Å². The second-order valence-electron chi connectivity index (χ2n) is 2.91. The normalized spacial score (nSPS) is 12.1. The van der Waals surface area contributed by atoms with Crippen LogP contribution in [0.5, 0.6) is 0 Å². The monoisotopic (exact) mass is 154 g/mol. The van der Waals surface area contributed by atoms with E-state index in [0.29, 0.717) is 5.92 Å². The molecule has 0 saturated heterocycles. The summed E-state index contributed by atoms with van der Waals surface area (Å²) < 4.78 is 0. The van der Waals surface area contributed by atoms with E-state index < -0.39 is 0 Å². The number of hydrogen-bond donors (Lipinski definition) is 1. The average molecular weight is 154 g/mol. The smallest absolute Gasteiger partial charge is 0.176 e. The van der Waals surface area contributed by atoms with Crippen molar-refractivity contribution in [2.75, 3.05) is 6.54 Å². The number of unbranched alkanes of at least 4 members (excludes halogenated alkanes) is 1. The fourth-order valence-electron chi connectivity index (χ4n) is 1.13. The summed E-state index contributed by atoms with van der Waals surface area (Å²) in [5.41, 5.74) is 0. The van der Waals surface area contributed by atoms with Crippen LogP contribution in [0.1, 0.15) is 39.5 Å². The molecule has 2 nitrogen and oxygen atoms in total. The van der Waals surface area contributed by atoms with Gasteiger partial charge in [0.2, 0.25) is 0 Å². The third-order valence-electron chi connectivity index (χ3n) is 2.01. The number of hydrogen-bond acceptors (Lipinski definition) is 2. The zero-order valence-electron chi connectivity index (χ0n) is 7.56. The number of nitriles is 1. The van der Waals surface area contributed by atoms with Crippen LogP contribution in [0.15, 0.2) is 0 Å². The van der Waals surface area contributed by atoms with E-state index in [4.69, 9.17) is 5.26 Å². The Bertz CT molecular complexity index is 115. The predicted molar refractivity (Wildman–Crippen MR) is 46.9 cm³/mol. The predicted octanol–water partition coefficient (Wildman–Crippen LogP) is 2.27. The van der Waals surface area contributed by atoms with Gasteiger partial charge >= 0.3 is 0 Å². The zero-order chi connectivity index (χ0) is 8.53. The van der Waals surface area contributed by atoms with Gasteiger partial charge in [-0.05, 0) is 12.3 Å². The summed E-state index contributed by atoms with van der Waals surface area (Å²) in [5, 5.41) is 11.0. The Morgan fingerprint density at radius 2 is 2.18 bits per heavy atom. The van der Waals surface area contributed by atoms with Gasteiger partial charge in [0.25, 0.3) is 0 Å². The molecule has 11 heavy (non-hydrogen) atoms. The molecule has 0 heterocycles.